The van der Waals surface area contributed by atoms with E-state index in [-0.39, 0.29) is 22.4 Å². The smallest absolute Gasteiger partial charge is 0.337 e. The third kappa shape index (κ3) is 8.42. The predicted octanol–water partition coefficient (Wildman–Crippen LogP) is 9.11. The van der Waals surface area contributed by atoms with E-state index < -0.39 is 30.3 Å². The molecule has 0 amide bonds. The Kier molecular flexibility index (Phi) is 12.5. The monoisotopic (exact) mass is 1040 g/mol. The molecule has 13 heteroatoms. The fourth-order valence-electron chi connectivity index (χ4n) is 7.86. The van der Waals surface area contributed by atoms with Gasteiger partial charge in [-0.25, -0.2) is 24.4 Å². The maximum atomic E-state index is 12.5. The first-order valence-electron chi connectivity index (χ1n) is 20.0. The number of nitrogens with zero attached hydrogens (tertiary/aromatic N) is 4. The molecule has 325 valence electrons. The van der Waals surface area contributed by atoms with Gasteiger partial charge in [-0.05, 0) is 105 Å². The molecule has 0 fully saturated rings. The van der Waals surface area contributed by atoms with Crippen molar-refractivity contribution in [2.45, 2.75) is 0 Å². The number of carbonyl (C=O) groups excluding carboxylic acids is 4. The Bertz CT molecular complexity index is 2830. The molecule has 0 saturated heterocycles. The zero-order chi connectivity index (χ0) is 44.5. The van der Waals surface area contributed by atoms with Crippen LogP contribution in [-0.4, -0.2) is 66.7 Å². The fraction of sp³-hybridized carbons (Fsp3) is 0.0769. The van der Waals surface area contributed by atoms with Gasteiger partial charge in [0.05, 0.1) is 60.8 Å². The molecule has 3 aromatic heterocycles. The van der Waals surface area contributed by atoms with E-state index in [0.717, 1.165) is 22.3 Å². The second kappa shape index (κ2) is 18.5. The second-order valence-corrected chi connectivity index (χ2v) is 14.7. The molecular formula is C52H36AuN4O8-2. The molecule has 8 bridgehead atoms. The van der Waals surface area contributed by atoms with Crippen LogP contribution in [0.4, 0.5) is 0 Å². The molecule has 0 spiro atoms. The van der Waals surface area contributed by atoms with Gasteiger partial charge in [0.2, 0.25) is 0 Å². The summed E-state index contributed by atoms with van der Waals surface area (Å²) in [5.74, 6) is -1.82. The number of Topliss-reactive ketones (excluding diaryl/α,β-unsaturated/α-hetero) is 1. The number of benzene rings is 4. The first-order chi connectivity index (χ1) is 31.2. The van der Waals surface area contributed by atoms with Gasteiger partial charge in [0.1, 0.15) is 6.61 Å². The number of carbonyl (C=O) groups is 4. The number of fused-ring (bicyclic) bond motifs is 8. The van der Waals surface area contributed by atoms with Crippen LogP contribution in [-0.2, 0) is 36.6 Å². The van der Waals surface area contributed by atoms with Gasteiger partial charge in [0.25, 0.3) is 0 Å². The van der Waals surface area contributed by atoms with Crippen LogP contribution < -0.4 is 9.97 Å². The number of hydrogen-bond donors (Lipinski definition) is 1. The normalized spacial score (nSPS) is 11.4. The van der Waals surface area contributed by atoms with Crippen molar-refractivity contribution >= 4 is 70.1 Å². The maximum absolute atomic E-state index is 12.5. The van der Waals surface area contributed by atoms with Crippen molar-refractivity contribution < 1.29 is 60.9 Å². The van der Waals surface area contributed by atoms with Crippen molar-refractivity contribution in [1.29, 1.82) is 0 Å². The Hall–Kier alpha value is -7.74. The summed E-state index contributed by atoms with van der Waals surface area (Å²) in [5, 5.41) is 9.56. The van der Waals surface area contributed by atoms with Gasteiger partial charge in [-0.2, -0.15) is 0 Å². The molecule has 65 heavy (non-hydrogen) atoms. The molecule has 1 N–H and O–H groups in total. The zero-order valence-electron chi connectivity index (χ0n) is 35.0. The van der Waals surface area contributed by atoms with E-state index in [0.29, 0.717) is 89.4 Å². The number of esters is 3. The van der Waals surface area contributed by atoms with Crippen molar-refractivity contribution in [2.75, 3.05) is 27.9 Å². The third-order valence-electron chi connectivity index (χ3n) is 11.0. The van der Waals surface area contributed by atoms with Crippen molar-refractivity contribution in [1.82, 2.24) is 19.9 Å². The molecule has 0 saturated carbocycles. The largest absolute Gasteiger partial charge is 0.657 e. The number of ether oxygens (including phenoxy) is 3. The van der Waals surface area contributed by atoms with Crippen LogP contribution in [0.2, 0.25) is 0 Å². The van der Waals surface area contributed by atoms with Crippen molar-refractivity contribution in [2.24, 2.45) is 0 Å². The van der Waals surface area contributed by atoms with Gasteiger partial charge < -0.3 is 29.3 Å². The molecule has 1 radical (unpaired) electrons. The number of rotatable bonds is 9. The third-order valence-corrected chi connectivity index (χ3v) is 11.0. The summed E-state index contributed by atoms with van der Waals surface area (Å²) in [7, 11) is 4.00. The number of aliphatic hydroxyl groups excluding tert-OH is 1. The summed E-state index contributed by atoms with van der Waals surface area (Å²) in [4.78, 5) is 70.8. The maximum Gasteiger partial charge on any atom is 0.337 e. The summed E-state index contributed by atoms with van der Waals surface area (Å²) in [6.45, 7) is -0.619. The van der Waals surface area contributed by atoms with Crippen molar-refractivity contribution in [3.63, 3.8) is 0 Å². The first-order valence-corrected chi connectivity index (χ1v) is 20.0. The minimum absolute atomic E-state index is 0. The standard InChI is InChI=1S/C52H37N4O8.Au/c1-62-50(59)34-14-8-31(9-15-34)47-39-22-20-37(53-39)46(30-6-4-29(5-7-30)45(58)28-57)38-21-23-40(54-38)48(32-10-16-35(17-11-32)51(60)63-2)42-25-27-44(56-42)49(43-26-24-41(47)55-43)33-12-18-36(19-13-33)52(61)64-3;/h4-27,57H,28H2,1-3H3,(H-,53,54,55,56,58,59,60,61);/q-1;/p-1. The number of hydrogen-bond acceptors (Lipinski definition) is 10. The molecular weight excluding hydrogens is 1010 g/mol. The van der Waals surface area contributed by atoms with Crippen molar-refractivity contribution in [3.05, 3.63) is 166 Å². The van der Waals surface area contributed by atoms with E-state index in [9.17, 15) is 24.3 Å². The average molecular weight is 1040 g/mol. The molecule has 0 aliphatic carbocycles. The van der Waals surface area contributed by atoms with Gasteiger partial charge in [0.15, 0.2) is 5.78 Å². The quantitative estimate of drug-likeness (QED) is 0.0631. The first kappa shape index (κ1) is 43.9. The van der Waals surface area contributed by atoms with Gasteiger partial charge >= 0.3 is 17.9 Å². The molecule has 9 rings (SSSR count). The summed E-state index contributed by atoms with van der Waals surface area (Å²) in [6.07, 6.45) is 7.62. The van der Waals surface area contributed by atoms with Gasteiger partial charge in [-0.1, -0.05) is 84.9 Å². The molecule has 7 aromatic rings. The van der Waals surface area contributed by atoms with E-state index >= 15 is 0 Å². The van der Waals surface area contributed by atoms with Crippen LogP contribution in [0.15, 0.2) is 121 Å². The molecule has 0 unspecified atom stereocenters. The van der Waals surface area contributed by atoms with Crippen LogP contribution >= 0.6 is 0 Å². The molecule has 5 heterocycles. The summed E-state index contributed by atoms with van der Waals surface area (Å²) < 4.78 is 14.9. The number of methoxy groups -OCH3 is 3. The molecule has 4 aromatic carbocycles. The molecule has 12 nitrogen and oxygen atoms in total. The van der Waals surface area contributed by atoms with E-state index in [4.69, 9.17) is 34.1 Å². The summed E-state index contributed by atoms with van der Waals surface area (Å²) in [6, 6.07) is 35.7. The Labute approximate surface area is 387 Å². The van der Waals surface area contributed by atoms with Crippen LogP contribution in [0.1, 0.15) is 64.2 Å². The van der Waals surface area contributed by atoms with Gasteiger partial charge in [-0.15, -0.1) is 22.1 Å². The number of ketones is 1. The summed E-state index contributed by atoms with van der Waals surface area (Å²) >= 11 is 0. The van der Waals surface area contributed by atoms with Crippen LogP contribution in [0, 0.1) is 0 Å². The topological polar surface area (TPSA) is 170 Å². The van der Waals surface area contributed by atoms with Crippen LogP contribution in [0.3, 0.4) is 0 Å². The average Bonchev–Trinajstić information content (AvgIpc) is 4.20. The molecule has 2 aliphatic heterocycles. The van der Waals surface area contributed by atoms with Crippen LogP contribution in [0.5, 0.6) is 0 Å². The van der Waals surface area contributed by atoms with E-state index in [1.807, 2.05) is 85.0 Å². The fourth-order valence-corrected chi connectivity index (χ4v) is 7.86. The Morgan fingerprint density at radius 3 is 0.892 bits per heavy atom. The minimum atomic E-state index is -0.619. The molecule has 0 atom stereocenters. The summed E-state index contributed by atoms with van der Waals surface area (Å²) in [5.41, 5.74) is 11.9. The second-order valence-electron chi connectivity index (χ2n) is 14.7. The Balaban J connectivity index is 0.00000576. The van der Waals surface area contributed by atoms with E-state index in [1.165, 1.54) is 21.3 Å². The minimum Gasteiger partial charge on any atom is -0.657 e. The number of aliphatic hydroxyl groups is 1. The predicted molar refractivity (Wildman–Crippen MR) is 244 cm³/mol. The van der Waals surface area contributed by atoms with Crippen molar-refractivity contribution in [3.8, 4) is 44.5 Å². The molecule has 2 aliphatic rings. The Morgan fingerprint density at radius 1 is 0.415 bits per heavy atom. The van der Waals surface area contributed by atoms with Gasteiger partial charge in [-0.3, -0.25) is 4.79 Å². The zero-order valence-corrected chi connectivity index (χ0v) is 37.1. The van der Waals surface area contributed by atoms with E-state index in [2.05, 4.69) is 0 Å². The van der Waals surface area contributed by atoms with Crippen LogP contribution in [0.25, 0.3) is 90.9 Å². The number of aromatic nitrogens is 4. The van der Waals surface area contributed by atoms with E-state index in [1.54, 1.807) is 60.7 Å². The Morgan fingerprint density at radius 2 is 0.662 bits per heavy atom. The SMILES string of the molecule is COC(=O)c1ccc(-c2c3nc(c(-c4ccc(C(=O)OC)cc4)c4ccc([n-]4)c(-c4ccc(C(=O)OC)cc4)c4nc(c(-c5ccc(C(=O)CO)cc5)c5ccc2[n-]5)C=C4)C=C3)cc1.[Au]. The van der Waals surface area contributed by atoms with Gasteiger partial charge in [0, 0.05) is 27.9 Å².